The van der Waals surface area contributed by atoms with Gasteiger partial charge in [0.2, 0.25) is 11.7 Å². The molecule has 1 aromatic rings. The van der Waals surface area contributed by atoms with Crippen molar-refractivity contribution in [2.24, 2.45) is 5.92 Å². The molecule has 0 fully saturated rings. The van der Waals surface area contributed by atoms with Gasteiger partial charge in [0.15, 0.2) is 0 Å². The van der Waals surface area contributed by atoms with Crippen molar-refractivity contribution in [2.45, 2.75) is 46.5 Å². The summed E-state index contributed by atoms with van der Waals surface area (Å²) in [6.07, 6.45) is 3.36. The Morgan fingerprint density at radius 3 is 2.48 bits per heavy atom. The summed E-state index contributed by atoms with van der Waals surface area (Å²) in [5.74, 6) is 0.492. The molecule has 1 N–H and O–H groups in total. The Balaban J connectivity index is 2.29. The zero-order valence-corrected chi connectivity index (χ0v) is 13.0. The lowest BCUT2D eigenvalue weighted by Gasteiger charge is -2.10. The number of allylic oxidation sites excluding steroid dienone is 2. The number of ketones is 1. The minimum atomic E-state index is -0.104. The van der Waals surface area contributed by atoms with Crippen molar-refractivity contribution >= 4 is 17.3 Å². The van der Waals surface area contributed by atoms with E-state index in [1.807, 2.05) is 24.3 Å². The van der Waals surface area contributed by atoms with Gasteiger partial charge in [0.1, 0.15) is 0 Å². The van der Waals surface area contributed by atoms with E-state index >= 15 is 0 Å². The minimum Gasteiger partial charge on any atom is -0.323 e. The average Bonchev–Trinajstić information content (AvgIpc) is 2.73. The molecule has 1 aliphatic carbocycles. The zero-order valence-electron chi connectivity index (χ0n) is 13.0. The summed E-state index contributed by atoms with van der Waals surface area (Å²) in [4.78, 5) is 24.2. The fourth-order valence-electron chi connectivity index (χ4n) is 2.66. The van der Waals surface area contributed by atoms with Crippen LogP contribution in [0.5, 0.6) is 0 Å². The van der Waals surface area contributed by atoms with Crippen LogP contribution in [0.4, 0.5) is 0 Å². The van der Waals surface area contributed by atoms with E-state index in [1.165, 1.54) is 0 Å². The lowest BCUT2D eigenvalue weighted by Crippen LogP contribution is -2.25. The van der Waals surface area contributed by atoms with Gasteiger partial charge < -0.3 is 5.32 Å². The molecule has 0 radical (unpaired) electrons. The highest BCUT2D eigenvalue weighted by Crippen LogP contribution is 2.35. The smallest absolute Gasteiger partial charge is 0.224 e. The van der Waals surface area contributed by atoms with Crippen LogP contribution in [0.1, 0.15) is 62.4 Å². The van der Waals surface area contributed by atoms with Crippen molar-refractivity contribution < 1.29 is 9.59 Å². The molecule has 1 amide bonds. The molecule has 0 heterocycles. The molecule has 0 saturated carbocycles. The highest BCUT2D eigenvalue weighted by Gasteiger charge is 2.29. The van der Waals surface area contributed by atoms with E-state index in [9.17, 15) is 9.59 Å². The van der Waals surface area contributed by atoms with Crippen LogP contribution >= 0.6 is 0 Å². The maximum Gasteiger partial charge on any atom is 0.224 e. The molecule has 1 aliphatic rings. The summed E-state index contributed by atoms with van der Waals surface area (Å²) in [5.41, 5.74) is 3.19. The first-order chi connectivity index (χ1) is 10.0. The Hall–Kier alpha value is -1.90. The van der Waals surface area contributed by atoms with Crippen LogP contribution in [-0.4, -0.2) is 11.7 Å². The highest BCUT2D eigenvalue weighted by molar-refractivity contribution is 6.21. The van der Waals surface area contributed by atoms with Crippen LogP contribution in [0.25, 0.3) is 5.57 Å². The van der Waals surface area contributed by atoms with Crippen LogP contribution < -0.4 is 5.32 Å². The minimum absolute atomic E-state index is 0.0491. The summed E-state index contributed by atoms with van der Waals surface area (Å²) in [6.45, 7) is 6.19. The lowest BCUT2D eigenvalue weighted by atomic mass is 9.98. The Morgan fingerprint density at radius 1 is 1.19 bits per heavy atom. The summed E-state index contributed by atoms with van der Waals surface area (Å²) < 4.78 is 0. The third kappa shape index (κ3) is 3.41. The molecule has 112 valence electrons. The number of rotatable bonds is 6. The number of Topliss-reactive ketones (excluding diaryl/α,β-unsaturated/α-hetero) is 1. The quantitative estimate of drug-likeness (QED) is 0.860. The molecule has 0 bridgehead atoms. The van der Waals surface area contributed by atoms with Crippen molar-refractivity contribution in [2.75, 3.05) is 0 Å². The monoisotopic (exact) mass is 285 g/mol. The maximum atomic E-state index is 12.5. The van der Waals surface area contributed by atoms with Gasteiger partial charge in [-0.3, -0.25) is 9.59 Å². The summed E-state index contributed by atoms with van der Waals surface area (Å²) in [5, 5.41) is 2.80. The lowest BCUT2D eigenvalue weighted by molar-refractivity contribution is -0.120. The van der Waals surface area contributed by atoms with Gasteiger partial charge in [-0.05, 0) is 29.9 Å². The third-order valence-corrected chi connectivity index (χ3v) is 3.82. The second-order valence-corrected chi connectivity index (χ2v) is 5.92. The van der Waals surface area contributed by atoms with Crippen LogP contribution in [0.15, 0.2) is 30.0 Å². The van der Waals surface area contributed by atoms with E-state index in [1.54, 1.807) is 6.92 Å². The van der Waals surface area contributed by atoms with Gasteiger partial charge in [-0.25, -0.2) is 0 Å². The number of nitrogens with one attached hydrogen (secondary N) is 1. The average molecular weight is 285 g/mol. The summed E-state index contributed by atoms with van der Waals surface area (Å²) in [6, 6.07) is 7.63. The fraction of sp³-hybridized carbons (Fsp3) is 0.444. The molecule has 0 aromatic heterocycles. The van der Waals surface area contributed by atoms with Gasteiger partial charge in [0.25, 0.3) is 0 Å². The van der Waals surface area contributed by atoms with Crippen LogP contribution in [0.2, 0.25) is 0 Å². The molecule has 0 atom stereocenters. The van der Waals surface area contributed by atoms with E-state index in [0.717, 1.165) is 30.4 Å². The number of benzene rings is 1. The van der Waals surface area contributed by atoms with Crippen molar-refractivity contribution in [3.05, 3.63) is 41.1 Å². The van der Waals surface area contributed by atoms with Crippen molar-refractivity contribution in [3.8, 4) is 0 Å². The molecular weight excluding hydrogens is 262 g/mol. The largest absolute Gasteiger partial charge is 0.323 e. The van der Waals surface area contributed by atoms with E-state index in [4.69, 9.17) is 0 Å². The van der Waals surface area contributed by atoms with Gasteiger partial charge in [-0.1, -0.05) is 51.5 Å². The van der Waals surface area contributed by atoms with Gasteiger partial charge >= 0.3 is 0 Å². The second-order valence-electron chi connectivity index (χ2n) is 5.92. The number of carbonyl (C=O) groups excluding carboxylic acids is 2. The number of hydrogen-bond donors (Lipinski definition) is 1. The first-order valence-corrected chi connectivity index (χ1v) is 7.71. The Bertz CT molecular complexity index is 585. The summed E-state index contributed by atoms with van der Waals surface area (Å²) >= 11 is 0. The normalized spacial score (nSPS) is 13.8. The van der Waals surface area contributed by atoms with Crippen molar-refractivity contribution in [1.29, 1.82) is 0 Å². The first kappa shape index (κ1) is 15.5. The van der Waals surface area contributed by atoms with Gasteiger partial charge in [-0.15, -0.1) is 0 Å². The Morgan fingerprint density at radius 2 is 1.86 bits per heavy atom. The zero-order chi connectivity index (χ0) is 15.4. The SMILES string of the molecule is CCC(=O)NC1=C(CCCC(C)C)c2ccccc2C1=O. The Labute approximate surface area is 126 Å². The molecule has 0 unspecified atom stereocenters. The van der Waals surface area contributed by atoms with E-state index in [-0.39, 0.29) is 11.7 Å². The van der Waals surface area contributed by atoms with E-state index in [0.29, 0.717) is 23.6 Å². The van der Waals surface area contributed by atoms with E-state index in [2.05, 4.69) is 19.2 Å². The molecule has 3 nitrogen and oxygen atoms in total. The van der Waals surface area contributed by atoms with Gasteiger partial charge in [0.05, 0.1) is 5.70 Å². The first-order valence-electron chi connectivity index (χ1n) is 7.71. The van der Waals surface area contributed by atoms with Crippen LogP contribution in [-0.2, 0) is 4.79 Å². The standard InChI is InChI=1S/C18H23NO2/c1-4-16(20)19-17-14(11-7-8-12(2)3)13-9-5-6-10-15(13)18(17)21/h5-6,9-10,12H,4,7-8,11H2,1-3H3,(H,19,20,21). The van der Waals surface area contributed by atoms with Crippen molar-refractivity contribution in [3.63, 3.8) is 0 Å². The molecular formula is C18H23NO2. The number of fused-ring (bicyclic) bond motifs is 1. The maximum absolute atomic E-state index is 12.5. The molecule has 3 heteroatoms. The fourth-order valence-corrected chi connectivity index (χ4v) is 2.66. The predicted molar refractivity (Wildman–Crippen MR) is 84.8 cm³/mol. The highest BCUT2D eigenvalue weighted by atomic mass is 16.2. The number of amides is 1. The molecule has 1 aromatic carbocycles. The summed E-state index contributed by atoms with van der Waals surface area (Å²) in [7, 11) is 0. The Kier molecular flexibility index (Phi) is 4.94. The molecule has 0 saturated heterocycles. The van der Waals surface area contributed by atoms with Gasteiger partial charge in [0, 0.05) is 12.0 Å². The van der Waals surface area contributed by atoms with Crippen LogP contribution in [0, 0.1) is 5.92 Å². The van der Waals surface area contributed by atoms with Crippen LogP contribution in [0.3, 0.4) is 0 Å². The number of hydrogen-bond acceptors (Lipinski definition) is 2. The van der Waals surface area contributed by atoms with Crippen molar-refractivity contribution in [1.82, 2.24) is 5.32 Å². The van der Waals surface area contributed by atoms with E-state index < -0.39 is 0 Å². The second kappa shape index (κ2) is 6.70. The number of carbonyl (C=O) groups is 2. The van der Waals surface area contributed by atoms with Gasteiger partial charge in [-0.2, -0.15) is 0 Å². The molecule has 2 rings (SSSR count). The topological polar surface area (TPSA) is 46.2 Å². The third-order valence-electron chi connectivity index (χ3n) is 3.82. The molecule has 0 spiro atoms. The molecule has 0 aliphatic heterocycles. The molecule has 21 heavy (non-hydrogen) atoms. The predicted octanol–water partition coefficient (Wildman–Crippen LogP) is 3.95.